The first-order valence-electron chi connectivity index (χ1n) is 16.9. The Morgan fingerprint density at radius 3 is 2.07 bits per heavy atom. The number of hydrogen-bond acceptors (Lipinski definition) is 7. The van der Waals surface area contributed by atoms with Crippen LogP contribution in [0.3, 0.4) is 0 Å². The molecule has 1 fully saturated rings. The zero-order valence-corrected chi connectivity index (χ0v) is 28.7. The number of amides is 5. The fourth-order valence-electron chi connectivity index (χ4n) is 5.55. The van der Waals surface area contributed by atoms with Crippen LogP contribution in [0.15, 0.2) is 0 Å². The van der Waals surface area contributed by atoms with Crippen molar-refractivity contribution in [3.8, 4) is 0 Å². The molecule has 1 saturated carbocycles. The van der Waals surface area contributed by atoms with Crippen molar-refractivity contribution in [2.75, 3.05) is 6.54 Å². The van der Waals surface area contributed by atoms with Crippen molar-refractivity contribution in [1.29, 1.82) is 0 Å². The summed E-state index contributed by atoms with van der Waals surface area (Å²) in [6.45, 7) is 13.3. The number of carbonyl (C=O) groups excluding carboxylic acids is 5. The second-order valence-corrected chi connectivity index (χ2v) is 14.1. The van der Waals surface area contributed by atoms with Crippen molar-refractivity contribution in [1.82, 2.24) is 21.3 Å². The van der Waals surface area contributed by atoms with Crippen LogP contribution in [0, 0.1) is 17.8 Å². The van der Waals surface area contributed by atoms with Crippen LogP contribution in [0.5, 0.6) is 0 Å². The van der Waals surface area contributed by atoms with E-state index >= 15 is 0 Å². The van der Waals surface area contributed by atoms with Gasteiger partial charge in [0.15, 0.2) is 0 Å². The Bertz CT molecular complexity index is 946. The summed E-state index contributed by atoms with van der Waals surface area (Å²) in [5, 5.41) is 22.5. The van der Waals surface area contributed by atoms with E-state index in [2.05, 4.69) is 21.3 Å². The van der Waals surface area contributed by atoms with Gasteiger partial charge in [0, 0.05) is 18.9 Å². The molecule has 0 heterocycles. The van der Waals surface area contributed by atoms with Gasteiger partial charge in [-0.2, -0.15) is 0 Å². The lowest BCUT2D eigenvalue weighted by molar-refractivity contribution is -0.132. The van der Waals surface area contributed by atoms with E-state index in [1.807, 2.05) is 20.8 Å². The van der Waals surface area contributed by atoms with Gasteiger partial charge >= 0.3 is 6.09 Å². The van der Waals surface area contributed by atoms with Crippen LogP contribution in [0.1, 0.15) is 126 Å². The molecule has 0 saturated heterocycles. The predicted molar refractivity (Wildman–Crippen MR) is 174 cm³/mol. The molecule has 45 heavy (non-hydrogen) atoms. The van der Waals surface area contributed by atoms with E-state index in [4.69, 9.17) is 10.5 Å². The van der Waals surface area contributed by atoms with E-state index in [9.17, 15) is 29.1 Å². The summed E-state index contributed by atoms with van der Waals surface area (Å²) in [6, 6.07) is -2.74. The Morgan fingerprint density at radius 2 is 1.51 bits per heavy atom. The zero-order valence-electron chi connectivity index (χ0n) is 28.7. The van der Waals surface area contributed by atoms with Gasteiger partial charge in [0.1, 0.15) is 17.7 Å². The molecule has 0 radical (unpaired) electrons. The minimum atomic E-state index is -1.16. The van der Waals surface area contributed by atoms with Crippen molar-refractivity contribution < 1.29 is 33.8 Å². The molecule has 5 atom stereocenters. The monoisotopic (exact) mass is 639 g/mol. The highest BCUT2D eigenvalue weighted by Crippen LogP contribution is 2.29. The molecule has 5 amide bonds. The van der Waals surface area contributed by atoms with E-state index in [1.54, 1.807) is 27.7 Å². The molecule has 0 aromatic heterocycles. The Morgan fingerprint density at radius 1 is 0.889 bits per heavy atom. The second-order valence-electron chi connectivity index (χ2n) is 14.1. The minimum absolute atomic E-state index is 0.0255. The summed E-state index contributed by atoms with van der Waals surface area (Å²) in [7, 11) is 0. The van der Waals surface area contributed by atoms with E-state index in [1.165, 1.54) is 6.42 Å². The van der Waals surface area contributed by atoms with Crippen LogP contribution >= 0.6 is 0 Å². The summed E-state index contributed by atoms with van der Waals surface area (Å²) in [5.41, 5.74) is 4.50. The van der Waals surface area contributed by atoms with Crippen LogP contribution in [0.25, 0.3) is 0 Å². The van der Waals surface area contributed by atoms with Crippen LogP contribution in [-0.2, 0) is 23.9 Å². The highest BCUT2D eigenvalue weighted by molar-refractivity contribution is 5.91. The third kappa shape index (κ3) is 17.4. The Labute approximate surface area is 270 Å². The van der Waals surface area contributed by atoms with E-state index < -0.39 is 59.6 Å². The number of nitrogens with two attached hydrogens (primary N) is 1. The Balaban J connectivity index is 3.12. The fourth-order valence-corrected chi connectivity index (χ4v) is 5.55. The third-order valence-corrected chi connectivity index (χ3v) is 8.00. The van der Waals surface area contributed by atoms with Crippen LogP contribution < -0.4 is 27.0 Å². The lowest BCUT2D eigenvalue weighted by Gasteiger charge is -2.33. The van der Waals surface area contributed by atoms with Crippen LogP contribution in [0.2, 0.25) is 0 Å². The number of alkyl carbamates (subject to hydrolysis) is 1. The molecule has 7 N–H and O–H groups in total. The molecule has 0 spiro atoms. The molecule has 12 heteroatoms. The highest BCUT2D eigenvalue weighted by Gasteiger charge is 2.33. The Hall–Kier alpha value is -2.89. The molecule has 0 aromatic rings. The molecule has 12 nitrogen and oxygen atoms in total. The summed E-state index contributed by atoms with van der Waals surface area (Å²) in [4.78, 5) is 63.8. The average molecular weight is 640 g/mol. The van der Waals surface area contributed by atoms with E-state index in [0.29, 0.717) is 25.3 Å². The number of ether oxygens (including phenoxy) is 1. The first-order valence-corrected chi connectivity index (χ1v) is 16.9. The van der Waals surface area contributed by atoms with Crippen LogP contribution in [0.4, 0.5) is 4.79 Å². The number of hydrogen-bond donors (Lipinski definition) is 6. The van der Waals surface area contributed by atoms with Crippen molar-refractivity contribution >= 4 is 29.7 Å². The van der Waals surface area contributed by atoms with Crippen LogP contribution in [-0.4, -0.2) is 71.2 Å². The lowest BCUT2D eigenvalue weighted by Crippen LogP contribution is -2.57. The maximum absolute atomic E-state index is 13.8. The highest BCUT2D eigenvalue weighted by atomic mass is 16.6. The molecule has 0 aromatic carbocycles. The first-order chi connectivity index (χ1) is 21.0. The molecular weight excluding hydrogens is 578 g/mol. The standard InChI is InChI=1S/C33H61N5O7/c1-8-9-17-35-29(41)22(4)19-27(39)25(20-23-13-11-10-12-14-23)36-31(43)26(18-21(2)3)37-30(42)24(15-16-28(34)40)38-32(44)45-33(5,6)7/h21-27,39H,8-20H2,1-7H3,(H2,34,40)(H,35,41)(H,36,43)(H,37,42)(H,38,44)/t22-,24+,25+,26+,27+/m1/s1. The molecule has 1 aliphatic carbocycles. The second kappa shape index (κ2) is 20.3. The topological polar surface area (TPSA) is 189 Å². The SMILES string of the molecule is CCCCNC(=O)[C@H](C)C[C@H](O)[C@H](CC1CCCCC1)NC(=O)[C@H](CC(C)C)NC(=O)[C@H](CCC(N)=O)NC(=O)OC(C)(C)C. The minimum Gasteiger partial charge on any atom is -0.444 e. The Kier molecular flexibility index (Phi) is 18.1. The average Bonchev–Trinajstić information content (AvgIpc) is 2.93. The van der Waals surface area contributed by atoms with Gasteiger partial charge < -0.3 is 36.8 Å². The van der Waals surface area contributed by atoms with Crippen molar-refractivity contribution in [3.05, 3.63) is 0 Å². The van der Waals surface area contributed by atoms with Gasteiger partial charge in [0.25, 0.3) is 0 Å². The fraction of sp³-hybridized carbons (Fsp3) is 0.848. The first kappa shape index (κ1) is 40.1. The van der Waals surface area contributed by atoms with Gasteiger partial charge in [-0.15, -0.1) is 0 Å². The molecule has 0 aliphatic heterocycles. The summed E-state index contributed by atoms with van der Waals surface area (Å²) in [6.07, 6.45) is 6.26. The summed E-state index contributed by atoms with van der Waals surface area (Å²) < 4.78 is 5.29. The van der Waals surface area contributed by atoms with E-state index in [-0.39, 0.29) is 31.1 Å². The van der Waals surface area contributed by atoms with Gasteiger partial charge in [-0.1, -0.05) is 66.2 Å². The quantitative estimate of drug-likeness (QED) is 0.117. The van der Waals surface area contributed by atoms with Gasteiger partial charge in [-0.25, -0.2) is 4.79 Å². The van der Waals surface area contributed by atoms with Crippen molar-refractivity contribution in [2.24, 2.45) is 23.5 Å². The maximum Gasteiger partial charge on any atom is 0.408 e. The number of aliphatic hydroxyl groups is 1. The number of nitrogens with one attached hydrogen (secondary N) is 4. The molecule has 260 valence electrons. The third-order valence-electron chi connectivity index (χ3n) is 8.00. The number of rotatable bonds is 19. The number of primary amides is 1. The van der Waals surface area contributed by atoms with E-state index in [0.717, 1.165) is 38.5 Å². The van der Waals surface area contributed by atoms with Gasteiger partial charge in [0.2, 0.25) is 23.6 Å². The van der Waals surface area contributed by atoms with Crippen molar-refractivity contribution in [2.45, 2.75) is 155 Å². The van der Waals surface area contributed by atoms with Gasteiger partial charge in [-0.3, -0.25) is 19.2 Å². The molecule has 1 aliphatic rings. The molecule has 1 rings (SSSR count). The lowest BCUT2D eigenvalue weighted by atomic mass is 9.82. The molecular formula is C33H61N5O7. The largest absolute Gasteiger partial charge is 0.444 e. The predicted octanol–water partition coefficient (Wildman–Crippen LogP) is 3.43. The number of unbranched alkanes of at least 4 members (excludes halogenated alkanes) is 1. The number of aliphatic hydroxyl groups excluding tert-OH is 1. The molecule has 0 bridgehead atoms. The molecule has 0 unspecified atom stereocenters. The normalized spacial score (nSPS) is 17.4. The maximum atomic E-state index is 13.8. The van der Waals surface area contributed by atoms with Gasteiger partial charge in [0.05, 0.1) is 12.1 Å². The zero-order chi connectivity index (χ0) is 34.2. The van der Waals surface area contributed by atoms with Crippen molar-refractivity contribution in [3.63, 3.8) is 0 Å². The summed E-state index contributed by atoms with van der Waals surface area (Å²) in [5.74, 6) is -1.96. The van der Waals surface area contributed by atoms with Gasteiger partial charge in [-0.05, 0) is 64.7 Å². The summed E-state index contributed by atoms with van der Waals surface area (Å²) >= 11 is 0. The number of carbonyl (C=O) groups is 5. The smallest absolute Gasteiger partial charge is 0.408 e.